The second kappa shape index (κ2) is 8.67. The molecule has 3 heterocycles. The maximum atomic E-state index is 12.9. The average molecular weight is 383 g/mol. The highest BCUT2D eigenvalue weighted by Crippen LogP contribution is 2.32. The Morgan fingerprint density at radius 1 is 1.21 bits per heavy atom. The molecule has 2 amide bonds. The lowest BCUT2D eigenvalue weighted by Crippen LogP contribution is -2.45. The van der Waals surface area contributed by atoms with Crippen molar-refractivity contribution in [1.29, 1.82) is 0 Å². The second-order valence-electron chi connectivity index (χ2n) is 7.77. The van der Waals surface area contributed by atoms with Crippen molar-refractivity contribution in [2.75, 3.05) is 19.7 Å². The number of hydrogen-bond acceptors (Lipinski definition) is 3. The molecule has 6 heteroatoms. The van der Waals surface area contributed by atoms with Crippen molar-refractivity contribution in [2.45, 2.75) is 57.5 Å². The number of carbonyl (C=O) groups is 1. The number of carbonyl (C=O) groups excluding carboxylic acids is 1. The second-order valence-corrected chi connectivity index (χ2v) is 7.77. The standard InChI is InChI=1S/C22H30N4O2/c1-2-13-26-20(9-12-23-26)17-10-14-25(15-11-17)22(27)24-19-7-5-16-28-21-8-4-3-6-18(19)21/h3-4,6,8-9,12,17,19H,2,5,7,10-11,13-16H2,1H3,(H,24,27). The summed E-state index contributed by atoms with van der Waals surface area (Å²) in [6, 6.07) is 10.3. The van der Waals surface area contributed by atoms with Gasteiger partial charge in [-0.05, 0) is 44.2 Å². The Morgan fingerprint density at radius 2 is 2.04 bits per heavy atom. The van der Waals surface area contributed by atoms with Gasteiger partial charge in [0.2, 0.25) is 0 Å². The van der Waals surface area contributed by atoms with Crippen LogP contribution in [0.25, 0.3) is 0 Å². The largest absolute Gasteiger partial charge is 0.493 e. The van der Waals surface area contributed by atoms with Gasteiger partial charge in [0.25, 0.3) is 0 Å². The van der Waals surface area contributed by atoms with Crippen LogP contribution in [0, 0.1) is 0 Å². The Morgan fingerprint density at radius 3 is 2.86 bits per heavy atom. The van der Waals surface area contributed by atoms with Crippen molar-refractivity contribution >= 4 is 6.03 Å². The number of hydrogen-bond donors (Lipinski definition) is 1. The molecule has 2 aliphatic heterocycles. The van der Waals surface area contributed by atoms with E-state index in [0.29, 0.717) is 12.5 Å². The number of nitrogens with one attached hydrogen (secondary N) is 1. The first-order chi connectivity index (χ1) is 13.8. The van der Waals surface area contributed by atoms with E-state index in [1.807, 2.05) is 29.3 Å². The van der Waals surface area contributed by atoms with Crippen molar-refractivity contribution in [3.63, 3.8) is 0 Å². The predicted molar refractivity (Wildman–Crippen MR) is 109 cm³/mol. The third-order valence-electron chi connectivity index (χ3n) is 5.87. The Balaban J connectivity index is 1.36. The van der Waals surface area contributed by atoms with Gasteiger partial charge in [0.15, 0.2) is 0 Å². The molecule has 28 heavy (non-hydrogen) atoms. The van der Waals surface area contributed by atoms with Gasteiger partial charge in [-0.3, -0.25) is 4.68 Å². The maximum absolute atomic E-state index is 12.9. The summed E-state index contributed by atoms with van der Waals surface area (Å²) in [5.74, 6) is 1.39. The summed E-state index contributed by atoms with van der Waals surface area (Å²) in [6.45, 7) is 5.43. The van der Waals surface area contributed by atoms with Crippen LogP contribution in [0.1, 0.15) is 62.2 Å². The van der Waals surface area contributed by atoms with Crippen LogP contribution >= 0.6 is 0 Å². The van der Waals surface area contributed by atoms with Gasteiger partial charge < -0.3 is 15.0 Å². The molecule has 1 aromatic heterocycles. The molecule has 1 saturated heterocycles. The minimum atomic E-state index is 0.0231. The van der Waals surface area contributed by atoms with E-state index >= 15 is 0 Å². The van der Waals surface area contributed by atoms with Gasteiger partial charge in [-0.2, -0.15) is 5.10 Å². The third kappa shape index (κ3) is 4.01. The number of nitrogens with zero attached hydrogens (tertiary/aromatic N) is 3. The van der Waals surface area contributed by atoms with Gasteiger partial charge in [0.1, 0.15) is 5.75 Å². The highest BCUT2D eigenvalue weighted by molar-refractivity contribution is 5.75. The number of ether oxygens (including phenoxy) is 1. The van der Waals surface area contributed by atoms with Crippen LogP contribution in [0.15, 0.2) is 36.5 Å². The number of benzene rings is 1. The van der Waals surface area contributed by atoms with Crippen molar-refractivity contribution in [1.82, 2.24) is 20.0 Å². The zero-order chi connectivity index (χ0) is 19.3. The van der Waals surface area contributed by atoms with Gasteiger partial charge in [-0.1, -0.05) is 25.1 Å². The summed E-state index contributed by atoms with van der Waals surface area (Å²) in [7, 11) is 0. The molecule has 0 saturated carbocycles. The van der Waals surface area contributed by atoms with E-state index in [0.717, 1.165) is 63.1 Å². The van der Waals surface area contributed by atoms with E-state index in [9.17, 15) is 4.79 Å². The number of rotatable bonds is 4. The van der Waals surface area contributed by atoms with E-state index in [2.05, 4.69) is 34.2 Å². The minimum Gasteiger partial charge on any atom is -0.493 e. The molecule has 150 valence electrons. The van der Waals surface area contributed by atoms with Crippen LogP contribution in [0.4, 0.5) is 4.79 Å². The van der Waals surface area contributed by atoms with Crippen LogP contribution in [0.3, 0.4) is 0 Å². The van der Waals surface area contributed by atoms with Crippen molar-refractivity contribution in [3.8, 4) is 5.75 Å². The SMILES string of the molecule is CCCn1nccc1C1CCN(C(=O)NC2CCCOc3ccccc32)CC1. The molecule has 0 aliphatic carbocycles. The van der Waals surface area contributed by atoms with Crippen molar-refractivity contribution in [3.05, 3.63) is 47.8 Å². The Kier molecular flexibility index (Phi) is 5.84. The van der Waals surface area contributed by atoms with Gasteiger partial charge in [-0.25, -0.2) is 4.79 Å². The average Bonchev–Trinajstić information content (AvgIpc) is 3.09. The van der Waals surface area contributed by atoms with Crippen molar-refractivity contribution < 1.29 is 9.53 Å². The molecule has 1 aromatic carbocycles. The summed E-state index contributed by atoms with van der Waals surface area (Å²) in [5.41, 5.74) is 2.41. The van der Waals surface area contributed by atoms with Crippen LogP contribution < -0.4 is 10.1 Å². The third-order valence-corrected chi connectivity index (χ3v) is 5.87. The summed E-state index contributed by atoms with van der Waals surface area (Å²) in [4.78, 5) is 14.9. The monoisotopic (exact) mass is 382 g/mol. The number of fused-ring (bicyclic) bond motifs is 1. The van der Waals surface area contributed by atoms with Crippen LogP contribution in [0.5, 0.6) is 5.75 Å². The quantitative estimate of drug-likeness (QED) is 0.866. The fourth-order valence-electron chi connectivity index (χ4n) is 4.38. The highest BCUT2D eigenvalue weighted by Gasteiger charge is 2.28. The van der Waals surface area contributed by atoms with Crippen LogP contribution in [-0.4, -0.2) is 40.4 Å². The van der Waals surface area contributed by atoms with Gasteiger partial charge in [-0.15, -0.1) is 0 Å². The fourth-order valence-corrected chi connectivity index (χ4v) is 4.38. The molecular weight excluding hydrogens is 352 g/mol. The van der Waals surface area contributed by atoms with E-state index in [1.54, 1.807) is 0 Å². The Bertz CT molecular complexity index is 795. The van der Waals surface area contributed by atoms with Gasteiger partial charge >= 0.3 is 6.03 Å². The minimum absolute atomic E-state index is 0.0231. The van der Waals surface area contributed by atoms with Crippen LogP contribution in [0.2, 0.25) is 0 Å². The van der Waals surface area contributed by atoms with E-state index < -0.39 is 0 Å². The lowest BCUT2D eigenvalue weighted by molar-refractivity contribution is 0.176. The van der Waals surface area contributed by atoms with Gasteiger partial charge in [0.05, 0.1) is 12.6 Å². The van der Waals surface area contributed by atoms with E-state index in [-0.39, 0.29) is 12.1 Å². The van der Waals surface area contributed by atoms with E-state index in [1.165, 1.54) is 5.69 Å². The first kappa shape index (κ1) is 18.8. The molecule has 1 fully saturated rings. The fraction of sp³-hybridized carbons (Fsp3) is 0.545. The van der Waals surface area contributed by atoms with Gasteiger partial charge in [0, 0.05) is 43.0 Å². The first-order valence-electron chi connectivity index (χ1n) is 10.5. The molecule has 0 bridgehead atoms. The molecule has 1 N–H and O–H groups in total. The molecule has 0 radical (unpaired) electrons. The summed E-state index contributed by atoms with van der Waals surface area (Å²) >= 11 is 0. The number of aromatic nitrogens is 2. The maximum Gasteiger partial charge on any atom is 0.317 e. The molecule has 2 aromatic rings. The molecule has 1 atom stereocenters. The highest BCUT2D eigenvalue weighted by atomic mass is 16.5. The smallest absolute Gasteiger partial charge is 0.317 e. The number of aryl methyl sites for hydroxylation is 1. The zero-order valence-corrected chi connectivity index (χ0v) is 16.6. The molecule has 2 aliphatic rings. The number of para-hydroxylation sites is 1. The molecule has 6 nitrogen and oxygen atoms in total. The molecule has 0 spiro atoms. The summed E-state index contributed by atoms with van der Waals surface area (Å²) in [6.07, 6.45) is 6.83. The van der Waals surface area contributed by atoms with Crippen molar-refractivity contribution in [2.24, 2.45) is 0 Å². The lowest BCUT2D eigenvalue weighted by atomic mass is 9.93. The number of piperidine rings is 1. The Labute approximate surface area is 166 Å². The summed E-state index contributed by atoms with van der Waals surface area (Å²) in [5, 5.41) is 7.71. The molecule has 1 unspecified atom stereocenters. The zero-order valence-electron chi connectivity index (χ0n) is 16.6. The van der Waals surface area contributed by atoms with Crippen LogP contribution in [-0.2, 0) is 6.54 Å². The number of likely N-dealkylation sites (tertiary alicyclic amines) is 1. The number of urea groups is 1. The summed E-state index contributed by atoms with van der Waals surface area (Å²) < 4.78 is 7.95. The molecular formula is C22H30N4O2. The normalized spacial score (nSPS) is 20.2. The van der Waals surface area contributed by atoms with E-state index in [4.69, 9.17) is 4.74 Å². The molecule has 4 rings (SSSR count). The Hall–Kier alpha value is -2.50. The predicted octanol–water partition coefficient (Wildman–Crippen LogP) is 4.10. The number of amides is 2. The lowest BCUT2D eigenvalue weighted by Gasteiger charge is -2.33. The topological polar surface area (TPSA) is 59.4 Å². The first-order valence-corrected chi connectivity index (χ1v) is 10.5.